The van der Waals surface area contributed by atoms with Gasteiger partial charge in [0.15, 0.2) is 0 Å². The van der Waals surface area contributed by atoms with Crippen LogP contribution in [-0.4, -0.2) is 39.8 Å². The van der Waals surface area contributed by atoms with Crippen molar-refractivity contribution in [2.45, 2.75) is 51.4 Å². The molecule has 0 bridgehead atoms. The smallest absolute Gasteiger partial charge is 0.407 e. The van der Waals surface area contributed by atoms with Crippen molar-refractivity contribution < 1.29 is 19.4 Å². The maximum Gasteiger partial charge on any atom is 0.407 e. The number of hydrogen-bond donors (Lipinski definition) is 2. The molecule has 0 unspecified atom stereocenters. The van der Waals surface area contributed by atoms with Gasteiger partial charge < -0.3 is 15.2 Å². The zero-order valence-electron chi connectivity index (χ0n) is 12.1. The van der Waals surface area contributed by atoms with Gasteiger partial charge in [-0.1, -0.05) is 21.6 Å². The summed E-state index contributed by atoms with van der Waals surface area (Å²) in [6, 6.07) is 0. The second-order valence-electron chi connectivity index (χ2n) is 5.66. The number of carboxylic acids is 1. The van der Waals surface area contributed by atoms with Gasteiger partial charge in [0, 0.05) is 17.0 Å². The van der Waals surface area contributed by atoms with E-state index in [1.165, 1.54) is 10.8 Å². The molecule has 0 saturated carbocycles. The number of ether oxygens (including phenoxy) is 1. The number of aliphatic carboxylic acids is 1. The molecule has 0 aromatic heterocycles. The minimum absolute atomic E-state index is 0.146. The monoisotopic (exact) mass is 309 g/mol. The van der Waals surface area contributed by atoms with Crippen molar-refractivity contribution in [2.75, 3.05) is 12.3 Å². The number of hydrogen-bond acceptors (Lipinski definition) is 5. The van der Waals surface area contributed by atoms with E-state index in [4.69, 9.17) is 9.84 Å². The van der Waals surface area contributed by atoms with Crippen LogP contribution in [0.2, 0.25) is 0 Å². The molecule has 0 rings (SSSR count). The van der Waals surface area contributed by atoms with Crippen LogP contribution in [0.4, 0.5) is 4.79 Å². The maximum absolute atomic E-state index is 11.5. The fourth-order valence-corrected chi connectivity index (χ4v) is 3.38. The SMILES string of the molecule is CC(C)(C)OC(=O)NCC(C)(C)SSCCC(=O)O. The van der Waals surface area contributed by atoms with Crippen LogP contribution < -0.4 is 5.32 Å². The number of carbonyl (C=O) groups is 2. The van der Waals surface area contributed by atoms with E-state index in [0.29, 0.717) is 12.3 Å². The second-order valence-corrected chi connectivity index (χ2v) is 8.79. The van der Waals surface area contributed by atoms with Crippen LogP contribution in [0, 0.1) is 0 Å². The Kier molecular flexibility index (Phi) is 7.66. The van der Waals surface area contributed by atoms with E-state index in [1.807, 2.05) is 34.6 Å². The molecule has 19 heavy (non-hydrogen) atoms. The number of carbonyl (C=O) groups excluding carboxylic acids is 1. The van der Waals surface area contributed by atoms with E-state index in [-0.39, 0.29) is 11.2 Å². The normalized spacial score (nSPS) is 12.1. The van der Waals surface area contributed by atoms with Gasteiger partial charge in [-0.15, -0.1) is 0 Å². The molecule has 0 heterocycles. The molecule has 112 valence electrons. The standard InChI is InChI=1S/C12H23NO4S2/c1-11(2,3)17-10(16)13-8-12(4,5)19-18-7-6-9(14)15/h6-8H2,1-5H3,(H,13,16)(H,14,15). The lowest BCUT2D eigenvalue weighted by atomic mass is 10.2. The highest BCUT2D eigenvalue weighted by molar-refractivity contribution is 8.77. The Bertz CT molecular complexity index is 313. The number of carboxylic acid groups (broad SMARTS) is 1. The van der Waals surface area contributed by atoms with Crippen LogP contribution in [0.1, 0.15) is 41.0 Å². The van der Waals surface area contributed by atoms with Gasteiger partial charge in [-0.2, -0.15) is 0 Å². The summed E-state index contributed by atoms with van der Waals surface area (Å²) < 4.78 is 4.97. The summed E-state index contributed by atoms with van der Waals surface area (Å²) in [5.74, 6) is -0.242. The quantitative estimate of drug-likeness (QED) is 0.556. The van der Waals surface area contributed by atoms with Crippen LogP contribution in [0.5, 0.6) is 0 Å². The summed E-state index contributed by atoms with van der Waals surface area (Å²) in [5, 5.41) is 11.2. The van der Waals surface area contributed by atoms with Crippen molar-refractivity contribution in [3.8, 4) is 0 Å². The topological polar surface area (TPSA) is 75.6 Å². The minimum atomic E-state index is -0.794. The molecule has 2 N–H and O–H groups in total. The van der Waals surface area contributed by atoms with Crippen molar-refractivity contribution in [3.05, 3.63) is 0 Å². The Morgan fingerprint density at radius 2 is 1.79 bits per heavy atom. The molecule has 0 radical (unpaired) electrons. The Morgan fingerprint density at radius 1 is 1.21 bits per heavy atom. The van der Waals surface area contributed by atoms with Gasteiger partial charge in [0.25, 0.3) is 0 Å². The third-order valence-corrected chi connectivity index (χ3v) is 5.03. The average Bonchev–Trinajstić information content (AvgIpc) is 2.19. The molecular weight excluding hydrogens is 286 g/mol. The summed E-state index contributed by atoms with van der Waals surface area (Å²) in [6.45, 7) is 9.88. The molecule has 0 fully saturated rings. The van der Waals surface area contributed by atoms with Gasteiger partial charge in [0.05, 0.1) is 6.42 Å². The van der Waals surface area contributed by atoms with E-state index in [2.05, 4.69) is 5.32 Å². The lowest BCUT2D eigenvalue weighted by Crippen LogP contribution is -2.39. The molecular formula is C12H23NO4S2. The van der Waals surface area contributed by atoms with Crippen molar-refractivity contribution in [2.24, 2.45) is 0 Å². The summed E-state index contributed by atoms with van der Waals surface area (Å²) >= 11 is 0. The van der Waals surface area contributed by atoms with Crippen LogP contribution in [0.3, 0.4) is 0 Å². The van der Waals surface area contributed by atoms with Gasteiger partial charge >= 0.3 is 12.1 Å². The third kappa shape index (κ3) is 12.2. The molecule has 5 nitrogen and oxygen atoms in total. The molecule has 0 spiro atoms. The van der Waals surface area contributed by atoms with E-state index in [9.17, 15) is 9.59 Å². The Labute approximate surface area is 122 Å². The fraction of sp³-hybridized carbons (Fsp3) is 0.833. The number of amides is 1. The van der Waals surface area contributed by atoms with Crippen LogP contribution in [0.15, 0.2) is 0 Å². The molecule has 7 heteroatoms. The average molecular weight is 309 g/mol. The van der Waals surface area contributed by atoms with Gasteiger partial charge in [-0.3, -0.25) is 4.79 Å². The third-order valence-electron chi connectivity index (χ3n) is 1.74. The first-order chi connectivity index (χ1) is 8.52. The molecule has 0 aromatic carbocycles. The second kappa shape index (κ2) is 7.89. The van der Waals surface area contributed by atoms with Crippen molar-refractivity contribution in [1.82, 2.24) is 5.32 Å². The predicted octanol–water partition coefficient (Wildman–Crippen LogP) is 3.15. The largest absolute Gasteiger partial charge is 0.481 e. The molecule has 0 aliphatic heterocycles. The molecule has 0 saturated heterocycles. The number of alkyl carbamates (subject to hydrolysis) is 1. The first-order valence-corrected chi connectivity index (χ1v) is 8.33. The fourth-order valence-electron chi connectivity index (χ4n) is 0.959. The lowest BCUT2D eigenvalue weighted by Gasteiger charge is -2.25. The lowest BCUT2D eigenvalue weighted by molar-refractivity contribution is -0.136. The van der Waals surface area contributed by atoms with E-state index in [0.717, 1.165) is 0 Å². The van der Waals surface area contributed by atoms with E-state index >= 15 is 0 Å². The highest BCUT2D eigenvalue weighted by Crippen LogP contribution is 2.35. The van der Waals surface area contributed by atoms with Crippen LogP contribution in [0.25, 0.3) is 0 Å². The van der Waals surface area contributed by atoms with Gasteiger partial charge in [-0.05, 0) is 34.6 Å². The Morgan fingerprint density at radius 3 is 2.26 bits per heavy atom. The Balaban J connectivity index is 3.89. The van der Waals surface area contributed by atoms with E-state index in [1.54, 1.807) is 10.8 Å². The summed E-state index contributed by atoms with van der Waals surface area (Å²) in [6.07, 6.45) is -0.288. The van der Waals surface area contributed by atoms with Crippen LogP contribution in [-0.2, 0) is 9.53 Å². The van der Waals surface area contributed by atoms with Crippen molar-refractivity contribution in [1.29, 1.82) is 0 Å². The highest BCUT2D eigenvalue weighted by Gasteiger charge is 2.22. The van der Waals surface area contributed by atoms with Gasteiger partial charge in [-0.25, -0.2) is 4.79 Å². The van der Waals surface area contributed by atoms with Crippen LogP contribution >= 0.6 is 21.6 Å². The van der Waals surface area contributed by atoms with Crippen molar-refractivity contribution in [3.63, 3.8) is 0 Å². The van der Waals surface area contributed by atoms with E-state index < -0.39 is 17.7 Å². The highest BCUT2D eigenvalue weighted by atomic mass is 33.1. The molecule has 0 atom stereocenters. The van der Waals surface area contributed by atoms with Gasteiger partial charge in [0.2, 0.25) is 0 Å². The zero-order chi connectivity index (χ0) is 15.1. The number of rotatable bonds is 7. The predicted molar refractivity (Wildman–Crippen MR) is 80.6 cm³/mol. The molecule has 0 aliphatic rings. The summed E-state index contributed by atoms with van der Waals surface area (Å²) in [5.41, 5.74) is -0.502. The van der Waals surface area contributed by atoms with Gasteiger partial charge in [0.1, 0.15) is 5.60 Å². The summed E-state index contributed by atoms with van der Waals surface area (Å²) in [7, 11) is 3.06. The molecule has 0 aromatic rings. The summed E-state index contributed by atoms with van der Waals surface area (Å²) in [4.78, 5) is 21.9. The number of nitrogens with one attached hydrogen (secondary N) is 1. The molecule has 0 aliphatic carbocycles. The minimum Gasteiger partial charge on any atom is -0.481 e. The maximum atomic E-state index is 11.5. The molecule has 1 amide bonds. The first kappa shape index (κ1) is 18.4. The van der Waals surface area contributed by atoms with Crippen molar-refractivity contribution >= 4 is 33.7 Å². The zero-order valence-corrected chi connectivity index (χ0v) is 13.7. The Hall–Kier alpha value is -0.560. The first-order valence-electron chi connectivity index (χ1n) is 6.01.